The number of rotatable bonds is 3. The Bertz CT molecular complexity index is 556. The molecule has 1 amide bonds. The maximum absolute atomic E-state index is 12.0. The summed E-state index contributed by atoms with van der Waals surface area (Å²) < 4.78 is 0. The third-order valence-corrected chi connectivity index (χ3v) is 5.09. The van der Waals surface area contributed by atoms with Crippen molar-refractivity contribution in [2.24, 2.45) is 16.7 Å². The zero-order valence-corrected chi connectivity index (χ0v) is 12.3. The van der Waals surface area contributed by atoms with E-state index in [1.807, 2.05) is 0 Å². The summed E-state index contributed by atoms with van der Waals surface area (Å²) in [6, 6.07) is 1.44. The second-order valence-electron chi connectivity index (χ2n) is 6.60. The fraction of sp³-hybridized carbons (Fsp3) is 0.600. The van der Waals surface area contributed by atoms with Crippen LogP contribution >= 0.6 is 0 Å². The number of hydrogen-bond donors (Lipinski definition) is 2. The van der Waals surface area contributed by atoms with Gasteiger partial charge in [-0.2, -0.15) is 0 Å². The van der Waals surface area contributed by atoms with E-state index in [2.05, 4.69) is 38.0 Å². The zero-order chi connectivity index (χ0) is 14.4. The Labute approximate surface area is 113 Å². The molecule has 104 valence electrons. The van der Waals surface area contributed by atoms with Crippen LogP contribution in [0.1, 0.15) is 43.7 Å². The third-order valence-electron chi connectivity index (χ3n) is 5.09. The van der Waals surface area contributed by atoms with Crippen LogP contribution in [-0.2, 0) is 0 Å². The number of carbonyl (C=O) groups is 1. The van der Waals surface area contributed by atoms with Gasteiger partial charge in [0.05, 0.1) is 0 Å². The van der Waals surface area contributed by atoms with Gasteiger partial charge in [-0.05, 0) is 23.7 Å². The van der Waals surface area contributed by atoms with Crippen molar-refractivity contribution in [3.63, 3.8) is 0 Å². The number of pyridine rings is 1. The number of amides is 1. The van der Waals surface area contributed by atoms with Gasteiger partial charge < -0.3 is 10.3 Å². The maximum Gasteiger partial charge on any atom is 0.256 e. The van der Waals surface area contributed by atoms with Crippen molar-refractivity contribution in [3.05, 3.63) is 33.7 Å². The standard InChI is InChI=1S/C15H22N2O2/c1-9-6-11(18)10(7-16-9)13(19)17-8-12-14(2,3)15(12,4)5/h6-7,12H,8H2,1-5H3,(H,16,18)(H,17,19). The summed E-state index contributed by atoms with van der Waals surface area (Å²) in [6.45, 7) is 11.3. The van der Waals surface area contributed by atoms with E-state index in [1.165, 1.54) is 12.3 Å². The van der Waals surface area contributed by atoms with E-state index in [1.54, 1.807) is 6.92 Å². The fourth-order valence-electron chi connectivity index (χ4n) is 2.88. The van der Waals surface area contributed by atoms with Gasteiger partial charge in [-0.25, -0.2) is 0 Å². The summed E-state index contributed by atoms with van der Waals surface area (Å²) in [7, 11) is 0. The molecule has 4 heteroatoms. The molecule has 2 rings (SSSR count). The Hall–Kier alpha value is -1.58. The van der Waals surface area contributed by atoms with Crippen molar-refractivity contribution in [1.82, 2.24) is 10.3 Å². The first-order chi connectivity index (χ1) is 8.68. The first-order valence-corrected chi connectivity index (χ1v) is 6.65. The largest absolute Gasteiger partial charge is 0.364 e. The van der Waals surface area contributed by atoms with Crippen LogP contribution in [0.5, 0.6) is 0 Å². The molecule has 0 aromatic carbocycles. The minimum absolute atomic E-state index is 0.182. The summed E-state index contributed by atoms with van der Waals surface area (Å²) in [5, 5.41) is 2.87. The van der Waals surface area contributed by atoms with E-state index in [-0.39, 0.29) is 27.7 Å². The highest BCUT2D eigenvalue weighted by Crippen LogP contribution is 2.67. The lowest BCUT2D eigenvalue weighted by molar-refractivity contribution is 0.0948. The molecule has 1 aliphatic rings. The molecule has 19 heavy (non-hydrogen) atoms. The summed E-state index contributed by atoms with van der Waals surface area (Å²) >= 11 is 0. The van der Waals surface area contributed by atoms with Crippen molar-refractivity contribution in [3.8, 4) is 0 Å². The predicted molar refractivity (Wildman–Crippen MR) is 75.2 cm³/mol. The van der Waals surface area contributed by atoms with Crippen molar-refractivity contribution in [1.29, 1.82) is 0 Å². The molecular formula is C15H22N2O2. The molecule has 1 heterocycles. The van der Waals surface area contributed by atoms with Crippen molar-refractivity contribution >= 4 is 5.91 Å². The average Bonchev–Trinajstić information content (AvgIpc) is 2.66. The zero-order valence-electron chi connectivity index (χ0n) is 12.3. The number of H-pyrrole nitrogens is 1. The summed E-state index contributed by atoms with van der Waals surface area (Å²) in [6.07, 6.45) is 1.48. The van der Waals surface area contributed by atoms with Gasteiger partial charge in [0.2, 0.25) is 0 Å². The Morgan fingerprint density at radius 1 is 1.32 bits per heavy atom. The minimum atomic E-state index is -0.292. The second kappa shape index (κ2) is 4.22. The van der Waals surface area contributed by atoms with Crippen LogP contribution < -0.4 is 10.7 Å². The summed E-state index contributed by atoms with van der Waals surface area (Å²) in [4.78, 5) is 26.6. The lowest BCUT2D eigenvalue weighted by atomic mass is 10.0. The van der Waals surface area contributed by atoms with Crippen LogP contribution in [0.25, 0.3) is 0 Å². The third kappa shape index (κ3) is 2.20. The number of carbonyl (C=O) groups excluding carboxylic acids is 1. The molecular weight excluding hydrogens is 240 g/mol. The highest BCUT2D eigenvalue weighted by Gasteiger charge is 2.64. The number of nitrogens with one attached hydrogen (secondary N) is 2. The van der Waals surface area contributed by atoms with E-state index in [0.717, 1.165) is 5.69 Å². The van der Waals surface area contributed by atoms with Crippen LogP contribution in [-0.4, -0.2) is 17.4 Å². The fourth-order valence-corrected chi connectivity index (χ4v) is 2.88. The molecule has 1 aromatic rings. The molecule has 1 fully saturated rings. The first kappa shape index (κ1) is 13.8. The Balaban J connectivity index is 2.02. The average molecular weight is 262 g/mol. The lowest BCUT2D eigenvalue weighted by Gasteiger charge is -2.06. The molecule has 1 saturated carbocycles. The van der Waals surface area contributed by atoms with Gasteiger partial charge in [-0.1, -0.05) is 27.7 Å². The molecule has 0 radical (unpaired) electrons. The van der Waals surface area contributed by atoms with Gasteiger partial charge in [-0.15, -0.1) is 0 Å². The van der Waals surface area contributed by atoms with Crippen LogP contribution in [0.4, 0.5) is 0 Å². The van der Waals surface area contributed by atoms with E-state index < -0.39 is 0 Å². The molecule has 2 N–H and O–H groups in total. The monoisotopic (exact) mass is 262 g/mol. The predicted octanol–water partition coefficient (Wildman–Crippen LogP) is 2.10. The topological polar surface area (TPSA) is 62.0 Å². The molecule has 0 atom stereocenters. The number of aromatic amines is 1. The summed E-state index contributed by atoms with van der Waals surface area (Å²) in [5.41, 5.74) is 1.18. The highest BCUT2D eigenvalue weighted by atomic mass is 16.2. The SMILES string of the molecule is Cc1cc(=O)c(C(=O)NCC2C(C)(C)C2(C)C)c[nH]1. The molecule has 0 unspecified atom stereocenters. The molecule has 4 nitrogen and oxygen atoms in total. The van der Waals surface area contributed by atoms with Crippen LogP contribution in [0.2, 0.25) is 0 Å². The Morgan fingerprint density at radius 2 is 1.89 bits per heavy atom. The number of aromatic nitrogens is 1. The maximum atomic E-state index is 12.0. The normalized spacial score (nSPS) is 20.1. The van der Waals surface area contributed by atoms with Gasteiger partial charge in [0, 0.05) is 24.5 Å². The smallest absolute Gasteiger partial charge is 0.256 e. The van der Waals surface area contributed by atoms with Crippen molar-refractivity contribution in [2.45, 2.75) is 34.6 Å². The molecule has 0 saturated heterocycles. The van der Waals surface area contributed by atoms with Crippen LogP contribution in [0, 0.1) is 23.7 Å². The van der Waals surface area contributed by atoms with E-state index in [4.69, 9.17) is 0 Å². The number of hydrogen-bond acceptors (Lipinski definition) is 2. The highest BCUT2D eigenvalue weighted by molar-refractivity contribution is 5.93. The van der Waals surface area contributed by atoms with Crippen LogP contribution in [0.15, 0.2) is 17.1 Å². The second-order valence-corrected chi connectivity index (χ2v) is 6.60. The minimum Gasteiger partial charge on any atom is -0.364 e. The molecule has 0 bridgehead atoms. The van der Waals surface area contributed by atoms with Gasteiger partial charge in [0.25, 0.3) is 5.91 Å². The van der Waals surface area contributed by atoms with Gasteiger partial charge in [-0.3, -0.25) is 9.59 Å². The number of aryl methyl sites for hydroxylation is 1. The molecule has 1 aromatic heterocycles. The van der Waals surface area contributed by atoms with E-state index in [9.17, 15) is 9.59 Å². The van der Waals surface area contributed by atoms with E-state index >= 15 is 0 Å². The lowest BCUT2D eigenvalue weighted by Crippen LogP contribution is -2.31. The first-order valence-electron chi connectivity index (χ1n) is 6.65. The molecule has 0 aliphatic heterocycles. The molecule has 1 aliphatic carbocycles. The summed E-state index contributed by atoms with van der Waals surface area (Å²) in [5.74, 6) is 0.160. The van der Waals surface area contributed by atoms with Crippen LogP contribution in [0.3, 0.4) is 0 Å². The quantitative estimate of drug-likeness (QED) is 0.876. The van der Waals surface area contributed by atoms with E-state index in [0.29, 0.717) is 12.5 Å². The van der Waals surface area contributed by atoms with Gasteiger partial charge >= 0.3 is 0 Å². The molecule has 0 spiro atoms. The van der Waals surface area contributed by atoms with Gasteiger partial charge in [0.1, 0.15) is 5.56 Å². The Morgan fingerprint density at radius 3 is 2.37 bits per heavy atom. The van der Waals surface area contributed by atoms with Crippen molar-refractivity contribution < 1.29 is 4.79 Å². The Kier molecular flexibility index (Phi) is 3.07. The van der Waals surface area contributed by atoms with Gasteiger partial charge in [0.15, 0.2) is 5.43 Å². The van der Waals surface area contributed by atoms with Crippen molar-refractivity contribution in [2.75, 3.05) is 6.54 Å².